The maximum atomic E-state index is 12.5. The van der Waals surface area contributed by atoms with E-state index in [0.717, 1.165) is 48.3 Å². The summed E-state index contributed by atoms with van der Waals surface area (Å²) in [5, 5.41) is 1.95. The van der Waals surface area contributed by atoms with Crippen LogP contribution >= 0.6 is 11.3 Å². The second kappa shape index (κ2) is 6.44. The van der Waals surface area contributed by atoms with Crippen LogP contribution in [0.15, 0.2) is 23.6 Å². The molecule has 1 saturated heterocycles. The third-order valence-corrected chi connectivity index (χ3v) is 4.63. The Morgan fingerprint density at radius 2 is 1.91 bits per heavy atom. The molecule has 0 N–H and O–H groups in total. The predicted octanol–water partition coefficient (Wildman–Crippen LogP) is 2.51. The minimum atomic E-state index is 0.137. The number of thiophene rings is 1. The van der Waals surface area contributed by atoms with Gasteiger partial charge in [-0.15, -0.1) is 11.3 Å². The molecule has 1 aliphatic heterocycles. The van der Waals surface area contributed by atoms with Crippen molar-refractivity contribution in [1.82, 2.24) is 14.9 Å². The first-order valence-corrected chi connectivity index (χ1v) is 8.41. The van der Waals surface area contributed by atoms with Gasteiger partial charge in [0.2, 0.25) is 5.95 Å². The molecular weight excluding hydrogens is 296 g/mol. The van der Waals surface area contributed by atoms with Crippen LogP contribution in [0.3, 0.4) is 0 Å². The van der Waals surface area contributed by atoms with Gasteiger partial charge in [-0.2, -0.15) is 0 Å². The van der Waals surface area contributed by atoms with Gasteiger partial charge in [0.25, 0.3) is 5.91 Å². The highest BCUT2D eigenvalue weighted by atomic mass is 32.1. The van der Waals surface area contributed by atoms with E-state index in [9.17, 15) is 4.79 Å². The summed E-state index contributed by atoms with van der Waals surface area (Å²) in [4.78, 5) is 26.5. The van der Waals surface area contributed by atoms with Gasteiger partial charge in [-0.25, -0.2) is 9.97 Å². The van der Waals surface area contributed by atoms with Crippen LogP contribution in [-0.4, -0.2) is 47.0 Å². The fourth-order valence-electron chi connectivity index (χ4n) is 2.73. The van der Waals surface area contributed by atoms with E-state index in [-0.39, 0.29) is 5.91 Å². The number of nitrogens with zero attached hydrogens (tertiary/aromatic N) is 4. The van der Waals surface area contributed by atoms with E-state index in [1.807, 2.05) is 42.3 Å². The molecule has 0 spiro atoms. The highest BCUT2D eigenvalue weighted by Gasteiger charge is 2.22. The zero-order valence-corrected chi connectivity index (χ0v) is 13.8. The van der Waals surface area contributed by atoms with E-state index < -0.39 is 0 Å². The van der Waals surface area contributed by atoms with Crippen molar-refractivity contribution in [3.63, 3.8) is 0 Å². The van der Waals surface area contributed by atoms with Crippen molar-refractivity contribution in [2.45, 2.75) is 20.3 Å². The Bertz CT molecular complexity index is 636. The maximum absolute atomic E-state index is 12.5. The van der Waals surface area contributed by atoms with E-state index in [4.69, 9.17) is 0 Å². The van der Waals surface area contributed by atoms with Crippen LogP contribution in [0, 0.1) is 13.8 Å². The third-order valence-electron chi connectivity index (χ3n) is 3.77. The summed E-state index contributed by atoms with van der Waals surface area (Å²) in [6.07, 6.45) is 0.938. The van der Waals surface area contributed by atoms with E-state index in [1.165, 1.54) is 11.3 Å². The average molecular weight is 316 g/mol. The lowest BCUT2D eigenvalue weighted by molar-refractivity contribution is 0.0772. The summed E-state index contributed by atoms with van der Waals surface area (Å²) in [5.41, 5.74) is 1.97. The second-order valence-corrected chi connectivity index (χ2v) is 6.51. The van der Waals surface area contributed by atoms with Crippen LogP contribution in [0.5, 0.6) is 0 Å². The summed E-state index contributed by atoms with van der Waals surface area (Å²) in [7, 11) is 0. The van der Waals surface area contributed by atoms with Crippen molar-refractivity contribution in [3.8, 4) is 0 Å². The van der Waals surface area contributed by atoms with Gasteiger partial charge in [-0.3, -0.25) is 4.79 Å². The van der Waals surface area contributed by atoms with Crippen LogP contribution in [0.4, 0.5) is 5.95 Å². The quantitative estimate of drug-likeness (QED) is 0.854. The lowest BCUT2D eigenvalue weighted by Crippen LogP contribution is -2.35. The summed E-state index contributed by atoms with van der Waals surface area (Å²) >= 11 is 1.50. The van der Waals surface area contributed by atoms with Gasteiger partial charge >= 0.3 is 0 Å². The van der Waals surface area contributed by atoms with Gasteiger partial charge in [0.05, 0.1) is 4.88 Å². The van der Waals surface area contributed by atoms with Gasteiger partial charge in [-0.05, 0) is 37.8 Å². The number of aromatic nitrogens is 2. The van der Waals surface area contributed by atoms with Gasteiger partial charge in [0, 0.05) is 37.6 Å². The van der Waals surface area contributed by atoms with Crippen LogP contribution in [-0.2, 0) is 0 Å². The molecule has 116 valence electrons. The molecule has 2 aromatic rings. The second-order valence-electron chi connectivity index (χ2n) is 5.56. The van der Waals surface area contributed by atoms with Crippen LogP contribution in [0.25, 0.3) is 0 Å². The number of aryl methyl sites for hydroxylation is 2. The average Bonchev–Trinajstić information content (AvgIpc) is 2.90. The number of hydrogen-bond donors (Lipinski definition) is 0. The molecule has 0 aromatic carbocycles. The SMILES string of the molecule is Cc1cc(C)nc(N2CCCN(C(=O)c3cccs3)CC2)n1. The Kier molecular flexibility index (Phi) is 4.38. The van der Waals surface area contributed by atoms with Crippen LogP contribution < -0.4 is 4.90 Å². The molecule has 1 aliphatic rings. The summed E-state index contributed by atoms with van der Waals surface area (Å²) < 4.78 is 0. The molecule has 0 atom stereocenters. The molecule has 1 amide bonds. The molecule has 0 aliphatic carbocycles. The number of anilines is 1. The first-order chi connectivity index (χ1) is 10.6. The number of carbonyl (C=O) groups excluding carboxylic acids is 1. The first-order valence-electron chi connectivity index (χ1n) is 7.53. The van der Waals surface area contributed by atoms with Gasteiger partial charge in [0.15, 0.2) is 0 Å². The topological polar surface area (TPSA) is 49.3 Å². The number of carbonyl (C=O) groups is 1. The molecule has 0 saturated carbocycles. The summed E-state index contributed by atoms with van der Waals surface area (Å²) in [6.45, 7) is 7.15. The molecular formula is C16H20N4OS. The van der Waals surface area contributed by atoms with Gasteiger partial charge in [-0.1, -0.05) is 6.07 Å². The van der Waals surface area contributed by atoms with Crippen molar-refractivity contribution in [3.05, 3.63) is 39.8 Å². The minimum absolute atomic E-state index is 0.137. The standard InChI is InChI=1S/C16H20N4OS/c1-12-11-13(2)18-16(17-12)20-7-4-6-19(8-9-20)15(21)14-5-3-10-22-14/h3,5,10-11H,4,6-9H2,1-2H3. The molecule has 3 rings (SSSR count). The molecule has 5 nitrogen and oxygen atoms in total. The minimum Gasteiger partial charge on any atom is -0.339 e. The van der Waals surface area contributed by atoms with Crippen molar-refractivity contribution < 1.29 is 4.79 Å². The molecule has 0 unspecified atom stereocenters. The maximum Gasteiger partial charge on any atom is 0.263 e. The van der Waals surface area contributed by atoms with E-state index in [0.29, 0.717) is 6.54 Å². The summed E-state index contributed by atoms with van der Waals surface area (Å²) in [5.74, 6) is 0.918. The van der Waals surface area contributed by atoms with E-state index >= 15 is 0 Å². The zero-order chi connectivity index (χ0) is 15.5. The van der Waals surface area contributed by atoms with Crippen molar-refractivity contribution in [2.75, 3.05) is 31.1 Å². The highest BCUT2D eigenvalue weighted by molar-refractivity contribution is 7.12. The number of rotatable bonds is 2. The Morgan fingerprint density at radius 1 is 1.14 bits per heavy atom. The Morgan fingerprint density at radius 3 is 2.59 bits per heavy atom. The molecule has 22 heavy (non-hydrogen) atoms. The van der Waals surface area contributed by atoms with E-state index in [1.54, 1.807) is 0 Å². The van der Waals surface area contributed by atoms with Crippen LogP contribution in [0.1, 0.15) is 27.5 Å². The largest absolute Gasteiger partial charge is 0.339 e. The normalized spacial score (nSPS) is 15.7. The van der Waals surface area contributed by atoms with Crippen molar-refractivity contribution in [1.29, 1.82) is 0 Å². The first kappa shape index (κ1) is 15.0. The van der Waals surface area contributed by atoms with Crippen LogP contribution in [0.2, 0.25) is 0 Å². The number of amides is 1. The molecule has 1 fully saturated rings. The molecule has 0 radical (unpaired) electrons. The lowest BCUT2D eigenvalue weighted by atomic mass is 10.3. The predicted molar refractivity (Wildman–Crippen MR) is 88.6 cm³/mol. The highest BCUT2D eigenvalue weighted by Crippen LogP contribution is 2.16. The third kappa shape index (κ3) is 3.27. The fraction of sp³-hybridized carbons (Fsp3) is 0.438. The Balaban J connectivity index is 1.71. The fourth-order valence-corrected chi connectivity index (χ4v) is 3.42. The van der Waals surface area contributed by atoms with Crippen molar-refractivity contribution in [2.24, 2.45) is 0 Å². The Hall–Kier alpha value is -1.95. The van der Waals surface area contributed by atoms with Crippen molar-refractivity contribution >= 4 is 23.2 Å². The monoisotopic (exact) mass is 316 g/mol. The number of hydrogen-bond acceptors (Lipinski definition) is 5. The molecule has 2 aromatic heterocycles. The zero-order valence-electron chi connectivity index (χ0n) is 13.0. The lowest BCUT2D eigenvalue weighted by Gasteiger charge is -2.22. The molecule has 6 heteroatoms. The smallest absolute Gasteiger partial charge is 0.263 e. The van der Waals surface area contributed by atoms with E-state index in [2.05, 4.69) is 14.9 Å². The summed E-state index contributed by atoms with van der Waals surface area (Å²) in [6, 6.07) is 5.79. The molecule has 0 bridgehead atoms. The molecule has 3 heterocycles. The Labute approximate surface area is 134 Å². The van der Waals surface area contributed by atoms with Gasteiger partial charge in [0.1, 0.15) is 0 Å². The van der Waals surface area contributed by atoms with Gasteiger partial charge < -0.3 is 9.80 Å².